The van der Waals surface area contributed by atoms with Gasteiger partial charge in [0.05, 0.1) is 25.8 Å². The van der Waals surface area contributed by atoms with Gasteiger partial charge in [0.1, 0.15) is 11.5 Å². The first kappa shape index (κ1) is 15.3. The average molecular weight is 331 g/mol. The highest BCUT2D eigenvalue weighted by molar-refractivity contribution is 6.33. The van der Waals surface area contributed by atoms with E-state index in [1.807, 2.05) is 36.4 Å². The smallest absolute Gasteiger partial charge is 0.206 e. The molecule has 1 aromatic heterocycles. The molecule has 118 valence electrons. The SMILES string of the molecule is COc1ccc(OC)c(Cn2nnc(-c3ccccc3Cl)n2)c1. The molecule has 0 atom stereocenters. The van der Waals surface area contributed by atoms with Crippen molar-refractivity contribution in [2.45, 2.75) is 6.54 Å². The number of benzene rings is 2. The van der Waals surface area contributed by atoms with E-state index in [1.165, 1.54) is 4.80 Å². The molecule has 0 saturated heterocycles. The lowest BCUT2D eigenvalue weighted by atomic mass is 10.2. The quantitative estimate of drug-likeness (QED) is 0.719. The molecule has 2 aromatic carbocycles. The molecule has 7 heteroatoms. The van der Waals surface area contributed by atoms with Gasteiger partial charge in [-0.25, -0.2) is 0 Å². The Morgan fingerprint density at radius 1 is 1.09 bits per heavy atom. The third kappa shape index (κ3) is 3.27. The Hall–Kier alpha value is -2.60. The molecule has 1 heterocycles. The highest BCUT2D eigenvalue weighted by atomic mass is 35.5. The topological polar surface area (TPSA) is 62.1 Å². The van der Waals surface area contributed by atoms with E-state index >= 15 is 0 Å². The normalized spacial score (nSPS) is 10.6. The lowest BCUT2D eigenvalue weighted by Gasteiger charge is -2.09. The zero-order valence-electron chi connectivity index (χ0n) is 12.7. The Kier molecular flexibility index (Phi) is 4.43. The van der Waals surface area contributed by atoms with Crippen molar-refractivity contribution in [3.8, 4) is 22.9 Å². The Morgan fingerprint density at radius 2 is 1.91 bits per heavy atom. The van der Waals surface area contributed by atoms with E-state index in [0.717, 1.165) is 22.6 Å². The van der Waals surface area contributed by atoms with Crippen molar-refractivity contribution >= 4 is 11.6 Å². The summed E-state index contributed by atoms with van der Waals surface area (Å²) in [6, 6.07) is 13.0. The van der Waals surface area contributed by atoms with Crippen molar-refractivity contribution in [2.75, 3.05) is 14.2 Å². The second-order valence-corrected chi connectivity index (χ2v) is 5.21. The summed E-state index contributed by atoms with van der Waals surface area (Å²) < 4.78 is 10.6. The zero-order valence-corrected chi connectivity index (χ0v) is 13.5. The Balaban J connectivity index is 1.89. The minimum absolute atomic E-state index is 0.415. The number of ether oxygens (including phenoxy) is 2. The Bertz CT molecular complexity index is 819. The van der Waals surface area contributed by atoms with E-state index in [4.69, 9.17) is 21.1 Å². The average Bonchev–Trinajstić information content (AvgIpc) is 3.03. The van der Waals surface area contributed by atoms with Crippen molar-refractivity contribution in [2.24, 2.45) is 0 Å². The summed E-state index contributed by atoms with van der Waals surface area (Å²) in [6.45, 7) is 0.415. The van der Waals surface area contributed by atoms with Gasteiger partial charge in [0.15, 0.2) is 0 Å². The highest BCUT2D eigenvalue weighted by Gasteiger charge is 2.12. The first-order valence-electron chi connectivity index (χ1n) is 6.95. The number of hydrogen-bond acceptors (Lipinski definition) is 5. The van der Waals surface area contributed by atoms with Gasteiger partial charge < -0.3 is 9.47 Å². The maximum atomic E-state index is 6.16. The van der Waals surface area contributed by atoms with E-state index in [-0.39, 0.29) is 0 Å². The maximum Gasteiger partial charge on any atom is 0.206 e. The molecular formula is C16H15ClN4O2. The second-order valence-electron chi connectivity index (χ2n) is 4.80. The lowest BCUT2D eigenvalue weighted by molar-refractivity contribution is 0.395. The van der Waals surface area contributed by atoms with Crippen LogP contribution in [0.3, 0.4) is 0 Å². The van der Waals surface area contributed by atoms with Crippen LogP contribution in [0.15, 0.2) is 42.5 Å². The van der Waals surface area contributed by atoms with Gasteiger partial charge in [-0.15, -0.1) is 10.2 Å². The third-order valence-electron chi connectivity index (χ3n) is 3.37. The number of halogens is 1. The van der Waals surface area contributed by atoms with E-state index in [9.17, 15) is 0 Å². The van der Waals surface area contributed by atoms with Crippen LogP contribution in [0.5, 0.6) is 11.5 Å². The van der Waals surface area contributed by atoms with Gasteiger partial charge in [-0.3, -0.25) is 0 Å². The van der Waals surface area contributed by atoms with Gasteiger partial charge >= 0.3 is 0 Å². The Morgan fingerprint density at radius 3 is 2.65 bits per heavy atom. The molecule has 0 aliphatic heterocycles. The maximum absolute atomic E-state index is 6.16. The fourth-order valence-electron chi connectivity index (χ4n) is 2.22. The number of methoxy groups -OCH3 is 2. The molecule has 0 spiro atoms. The molecule has 0 radical (unpaired) electrons. The summed E-state index contributed by atoms with van der Waals surface area (Å²) in [5, 5.41) is 13.1. The molecule has 0 N–H and O–H groups in total. The molecule has 0 unspecified atom stereocenters. The molecule has 0 fully saturated rings. The zero-order chi connectivity index (χ0) is 16.2. The molecular weight excluding hydrogens is 316 g/mol. The van der Waals surface area contributed by atoms with Crippen LogP contribution in [0.25, 0.3) is 11.4 Å². The summed E-state index contributed by atoms with van der Waals surface area (Å²) in [5.41, 5.74) is 1.65. The first-order valence-corrected chi connectivity index (χ1v) is 7.32. The second kappa shape index (κ2) is 6.66. The summed E-state index contributed by atoms with van der Waals surface area (Å²) in [7, 11) is 3.24. The van der Waals surface area contributed by atoms with Crippen LogP contribution in [0.2, 0.25) is 5.02 Å². The van der Waals surface area contributed by atoms with Crippen molar-refractivity contribution in [1.82, 2.24) is 20.2 Å². The van der Waals surface area contributed by atoms with E-state index < -0.39 is 0 Å². The van der Waals surface area contributed by atoms with Crippen LogP contribution >= 0.6 is 11.6 Å². The Labute approximate surface area is 138 Å². The molecule has 3 rings (SSSR count). The van der Waals surface area contributed by atoms with Gasteiger partial charge in [-0.05, 0) is 35.5 Å². The summed E-state index contributed by atoms with van der Waals surface area (Å²) in [4.78, 5) is 1.50. The molecule has 3 aromatic rings. The number of rotatable bonds is 5. The van der Waals surface area contributed by atoms with Crippen LogP contribution in [0.4, 0.5) is 0 Å². The molecule has 0 saturated carbocycles. The van der Waals surface area contributed by atoms with E-state index in [2.05, 4.69) is 15.4 Å². The predicted octanol–water partition coefficient (Wildman–Crippen LogP) is 3.06. The van der Waals surface area contributed by atoms with Crippen LogP contribution < -0.4 is 9.47 Å². The van der Waals surface area contributed by atoms with Gasteiger partial charge in [0, 0.05) is 11.1 Å². The molecule has 0 aliphatic rings. The summed E-state index contributed by atoms with van der Waals surface area (Å²) in [6.07, 6.45) is 0. The summed E-state index contributed by atoms with van der Waals surface area (Å²) >= 11 is 6.16. The predicted molar refractivity (Wildman–Crippen MR) is 86.9 cm³/mol. The molecule has 6 nitrogen and oxygen atoms in total. The van der Waals surface area contributed by atoms with Crippen LogP contribution in [0, 0.1) is 0 Å². The van der Waals surface area contributed by atoms with Crippen molar-refractivity contribution in [1.29, 1.82) is 0 Å². The minimum atomic E-state index is 0.415. The van der Waals surface area contributed by atoms with E-state index in [1.54, 1.807) is 20.3 Å². The van der Waals surface area contributed by atoms with Crippen LogP contribution in [0.1, 0.15) is 5.56 Å². The van der Waals surface area contributed by atoms with Crippen molar-refractivity contribution < 1.29 is 9.47 Å². The molecule has 0 aliphatic carbocycles. The minimum Gasteiger partial charge on any atom is -0.497 e. The number of hydrogen-bond donors (Lipinski definition) is 0. The number of tetrazole rings is 1. The highest BCUT2D eigenvalue weighted by Crippen LogP contribution is 2.26. The van der Waals surface area contributed by atoms with Crippen molar-refractivity contribution in [3.63, 3.8) is 0 Å². The lowest BCUT2D eigenvalue weighted by Crippen LogP contribution is -2.06. The molecule has 0 bridgehead atoms. The monoisotopic (exact) mass is 330 g/mol. The van der Waals surface area contributed by atoms with Gasteiger partial charge in [0.2, 0.25) is 5.82 Å². The summed E-state index contributed by atoms with van der Waals surface area (Å²) in [5.74, 6) is 1.96. The van der Waals surface area contributed by atoms with E-state index in [0.29, 0.717) is 17.4 Å². The third-order valence-corrected chi connectivity index (χ3v) is 3.70. The van der Waals surface area contributed by atoms with Gasteiger partial charge in [0.25, 0.3) is 0 Å². The van der Waals surface area contributed by atoms with Gasteiger partial charge in [-0.1, -0.05) is 23.7 Å². The van der Waals surface area contributed by atoms with Crippen molar-refractivity contribution in [3.05, 3.63) is 53.1 Å². The van der Waals surface area contributed by atoms with Crippen LogP contribution in [-0.4, -0.2) is 34.4 Å². The van der Waals surface area contributed by atoms with Crippen LogP contribution in [-0.2, 0) is 6.54 Å². The number of nitrogens with zero attached hydrogens (tertiary/aromatic N) is 4. The molecule has 23 heavy (non-hydrogen) atoms. The largest absolute Gasteiger partial charge is 0.497 e. The first-order chi connectivity index (χ1) is 11.2. The number of aromatic nitrogens is 4. The fourth-order valence-corrected chi connectivity index (χ4v) is 2.44. The van der Waals surface area contributed by atoms with Gasteiger partial charge in [-0.2, -0.15) is 4.80 Å². The standard InChI is InChI=1S/C16H15ClN4O2/c1-22-12-7-8-15(23-2)11(9-12)10-21-19-16(18-20-21)13-5-3-4-6-14(13)17/h3-9H,10H2,1-2H3. The fraction of sp³-hybridized carbons (Fsp3) is 0.188. The molecule has 0 amide bonds.